The first-order valence-electron chi connectivity index (χ1n) is 10.9. The van der Waals surface area contributed by atoms with E-state index in [1.165, 1.54) is 0 Å². The minimum absolute atomic E-state index is 0.201. The van der Waals surface area contributed by atoms with Crippen LogP contribution in [0.1, 0.15) is 22.6 Å². The van der Waals surface area contributed by atoms with Crippen LogP contribution in [-0.4, -0.2) is 30.4 Å². The number of halogens is 1. The maximum Gasteiger partial charge on any atom is 0.325 e. The number of amides is 1. The van der Waals surface area contributed by atoms with Gasteiger partial charge in [0.25, 0.3) is 5.91 Å². The Labute approximate surface area is 200 Å². The molecule has 1 fully saturated rings. The molecule has 5 nitrogen and oxygen atoms in total. The molecule has 0 aliphatic carbocycles. The molecule has 33 heavy (non-hydrogen) atoms. The Hall–Kier alpha value is -3.22. The first-order chi connectivity index (χ1) is 16.0. The molecule has 3 atom stereocenters. The quantitative estimate of drug-likeness (QED) is 0.507. The second-order valence-electron chi connectivity index (χ2n) is 8.83. The number of esters is 1. The summed E-state index contributed by atoms with van der Waals surface area (Å²) in [5.41, 5.74) is 0.904. The van der Waals surface area contributed by atoms with Gasteiger partial charge in [-0.05, 0) is 36.9 Å². The number of para-hydroxylation sites is 1. The van der Waals surface area contributed by atoms with E-state index in [2.05, 4.69) is 21.2 Å². The molecular formula is C27H21BrN2O3. The van der Waals surface area contributed by atoms with Crippen LogP contribution in [-0.2, 0) is 19.9 Å². The number of likely N-dealkylation sites (tertiary alicyclic amines) is 1. The minimum atomic E-state index is -1.22. The predicted octanol–water partition coefficient (Wildman–Crippen LogP) is 4.91. The highest BCUT2D eigenvalue weighted by atomic mass is 79.9. The molecule has 1 amide bonds. The predicted molar refractivity (Wildman–Crippen MR) is 129 cm³/mol. The van der Waals surface area contributed by atoms with Crippen LogP contribution in [0.5, 0.6) is 0 Å². The van der Waals surface area contributed by atoms with Gasteiger partial charge in [0.05, 0.1) is 0 Å². The van der Waals surface area contributed by atoms with Crippen molar-refractivity contribution in [1.82, 2.24) is 4.90 Å². The fourth-order valence-electron chi connectivity index (χ4n) is 5.94. The van der Waals surface area contributed by atoms with Crippen molar-refractivity contribution >= 4 is 39.3 Å². The third-order valence-electron chi connectivity index (χ3n) is 7.30. The van der Waals surface area contributed by atoms with Crippen LogP contribution in [0.25, 0.3) is 5.76 Å². The van der Waals surface area contributed by atoms with Crippen molar-refractivity contribution in [1.29, 1.82) is 0 Å². The van der Waals surface area contributed by atoms with E-state index in [4.69, 9.17) is 4.74 Å². The van der Waals surface area contributed by atoms with Gasteiger partial charge in [0.15, 0.2) is 0 Å². The SMILES string of the molecule is CN1CC(c2ccc(Br)cc2)C2(C=C(c3ccccc3)OC2=O)C12C(=O)Nc1ccccc12. The van der Waals surface area contributed by atoms with E-state index in [1.807, 2.05) is 96.9 Å². The molecule has 0 aromatic heterocycles. The molecule has 3 heterocycles. The van der Waals surface area contributed by atoms with Crippen molar-refractivity contribution in [3.05, 3.63) is 106 Å². The molecule has 1 N–H and O–H groups in total. The van der Waals surface area contributed by atoms with Gasteiger partial charge in [-0.2, -0.15) is 0 Å². The molecule has 6 heteroatoms. The Bertz CT molecular complexity index is 1320. The van der Waals surface area contributed by atoms with Gasteiger partial charge in [0.1, 0.15) is 16.7 Å². The summed E-state index contributed by atoms with van der Waals surface area (Å²) in [6.07, 6.45) is 1.91. The monoisotopic (exact) mass is 500 g/mol. The van der Waals surface area contributed by atoms with Gasteiger partial charge in [0, 0.05) is 33.7 Å². The number of carbonyl (C=O) groups excluding carboxylic acids is 2. The van der Waals surface area contributed by atoms with Crippen molar-refractivity contribution in [2.45, 2.75) is 11.5 Å². The maximum atomic E-state index is 14.0. The van der Waals surface area contributed by atoms with E-state index in [9.17, 15) is 9.59 Å². The molecule has 0 radical (unpaired) electrons. The molecule has 0 saturated carbocycles. The van der Waals surface area contributed by atoms with E-state index in [1.54, 1.807) is 0 Å². The van der Waals surface area contributed by atoms with Gasteiger partial charge < -0.3 is 10.1 Å². The Morgan fingerprint density at radius 3 is 2.42 bits per heavy atom. The van der Waals surface area contributed by atoms with E-state index in [-0.39, 0.29) is 11.8 Å². The lowest BCUT2D eigenvalue weighted by molar-refractivity contribution is -0.153. The van der Waals surface area contributed by atoms with Crippen LogP contribution in [0.15, 0.2) is 89.4 Å². The number of nitrogens with zero attached hydrogens (tertiary/aromatic N) is 1. The molecule has 3 aliphatic heterocycles. The number of hydrogen-bond acceptors (Lipinski definition) is 4. The Morgan fingerprint density at radius 2 is 1.67 bits per heavy atom. The number of fused-ring (bicyclic) bond motifs is 3. The van der Waals surface area contributed by atoms with Crippen molar-refractivity contribution in [3.63, 3.8) is 0 Å². The van der Waals surface area contributed by atoms with Crippen molar-refractivity contribution in [3.8, 4) is 0 Å². The summed E-state index contributed by atoms with van der Waals surface area (Å²) in [7, 11) is 1.92. The molecule has 2 spiro atoms. The summed E-state index contributed by atoms with van der Waals surface area (Å²) in [5, 5.41) is 3.04. The van der Waals surface area contributed by atoms with Crippen molar-refractivity contribution in [2.24, 2.45) is 5.41 Å². The van der Waals surface area contributed by atoms with Gasteiger partial charge >= 0.3 is 5.97 Å². The van der Waals surface area contributed by atoms with E-state index >= 15 is 0 Å². The van der Waals surface area contributed by atoms with Crippen LogP contribution in [0.2, 0.25) is 0 Å². The van der Waals surface area contributed by atoms with Crippen LogP contribution in [0.3, 0.4) is 0 Å². The number of carbonyl (C=O) groups is 2. The van der Waals surface area contributed by atoms with E-state index in [0.717, 1.165) is 26.9 Å². The molecule has 164 valence electrons. The summed E-state index contributed by atoms with van der Waals surface area (Å²) in [6.45, 7) is 0.525. The third kappa shape index (κ3) is 2.56. The minimum Gasteiger partial charge on any atom is -0.425 e. The zero-order valence-corrected chi connectivity index (χ0v) is 19.5. The smallest absolute Gasteiger partial charge is 0.325 e. The van der Waals surface area contributed by atoms with Gasteiger partial charge in [-0.3, -0.25) is 14.5 Å². The van der Waals surface area contributed by atoms with Gasteiger partial charge in [-0.25, -0.2) is 0 Å². The lowest BCUT2D eigenvalue weighted by Crippen LogP contribution is -2.57. The molecule has 3 aromatic carbocycles. The number of nitrogens with one attached hydrogen (secondary N) is 1. The molecule has 3 aromatic rings. The van der Waals surface area contributed by atoms with Crippen LogP contribution in [0, 0.1) is 5.41 Å². The molecule has 3 aliphatic rings. The van der Waals surface area contributed by atoms with Gasteiger partial charge in [-0.1, -0.05) is 76.6 Å². The van der Waals surface area contributed by atoms with Gasteiger partial charge in [0.2, 0.25) is 0 Å². The summed E-state index contributed by atoms with van der Waals surface area (Å²) in [5.74, 6) is -0.380. The van der Waals surface area contributed by atoms with Crippen molar-refractivity contribution in [2.75, 3.05) is 18.9 Å². The summed E-state index contributed by atoms with van der Waals surface area (Å²) in [4.78, 5) is 29.9. The largest absolute Gasteiger partial charge is 0.425 e. The second-order valence-corrected chi connectivity index (χ2v) is 9.74. The maximum absolute atomic E-state index is 14.0. The first-order valence-corrected chi connectivity index (χ1v) is 11.7. The Balaban J connectivity index is 1.66. The number of cyclic esters (lactones) is 1. The van der Waals surface area contributed by atoms with Crippen molar-refractivity contribution < 1.29 is 14.3 Å². The molecule has 0 bridgehead atoms. The summed E-state index contributed by atoms with van der Waals surface area (Å²) in [6, 6.07) is 25.2. The van der Waals surface area contributed by atoms with Crippen LogP contribution >= 0.6 is 15.9 Å². The zero-order valence-electron chi connectivity index (χ0n) is 17.9. The van der Waals surface area contributed by atoms with E-state index in [0.29, 0.717) is 12.3 Å². The highest BCUT2D eigenvalue weighted by molar-refractivity contribution is 9.10. The average molecular weight is 501 g/mol. The summed E-state index contributed by atoms with van der Waals surface area (Å²) < 4.78 is 6.92. The second kappa shape index (κ2) is 7.14. The Kier molecular flexibility index (Phi) is 4.41. The highest BCUT2D eigenvalue weighted by Crippen LogP contribution is 2.65. The fraction of sp³-hybridized carbons (Fsp3) is 0.185. The molecule has 1 saturated heterocycles. The number of hydrogen-bond donors (Lipinski definition) is 1. The first kappa shape index (κ1) is 20.4. The highest BCUT2D eigenvalue weighted by Gasteiger charge is 2.75. The van der Waals surface area contributed by atoms with Crippen LogP contribution < -0.4 is 5.32 Å². The standard InChI is InChI=1S/C27H21BrN2O3/c1-30-16-21(17-11-13-19(28)14-12-17)26(15-23(33-25(26)32)18-7-3-2-4-8-18)27(30)20-9-5-6-10-22(20)29-24(27)31/h2-15,21H,16H2,1H3,(H,29,31). The van der Waals surface area contributed by atoms with Crippen LogP contribution in [0.4, 0.5) is 5.69 Å². The third-order valence-corrected chi connectivity index (χ3v) is 7.83. The normalized spacial score (nSPS) is 28.2. The van der Waals surface area contributed by atoms with Gasteiger partial charge in [-0.15, -0.1) is 0 Å². The number of rotatable bonds is 2. The zero-order chi connectivity index (χ0) is 22.8. The van der Waals surface area contributed by atoms with E-state index < -0.39 is 16.9 Å². The number of likely N-dealkylation sites (N-methyl/N-ethyl adjacent to an activating group) is 1. The molecule has 3 unspecified atom stereocenters. The number of ether oxygens (including phenoxy) is 1. The Morgan fingerprint density at radius 1 is 0.970 bits per heavy atom. The summed E-state index contributed by atoms with van der Waals surface area (Å²) >= 11 is 3.51. The number of benzene rings is 3. The lowest BCUT2D eigenvalue weighted by Gasteiger charge is -2.40. The molecule has 6 rings (SSSR count). The topological polar surface area (TPSA) is 58.6 Å². The lowest BCUT2D eigenvalue weighted by atomic mass is 9.61. The molecular weight excluding hydrogens is 480 g/mol. The average Bonchev–Trinajstić information content (AvgIpc) is 3.42. The fourth-order valence-corrected chi connectivity index (χ4v) is 6.20. The number of anilines is 1.